The molecule has 2 atom stereocenters. The van der Waals surface area contributed by atoms with Crippen LogP contribution in [0.5, 0.6) is 0 Å². The Balaban J connectivity index is 4.30. The van der Waals surface area contributed by atoms with Gasteiger partial charge in [-0.2, -0.15) is 0 Å². The third-order valence-corrected chi connectivity index (χ3v) is 12.1. The SMILES string of the molecule is CC/C=C\C/C=C\C/C=C\C/C=C\C/C=C\CCCCCCCC(=O)OC(COC(=O)CCCCCCCCCC/C=C\C/C=C\C/C=C\CCCCCCC)COP(=O)([O-])OCC[N+](C)(C)C. The lowest BCUT2D eigenvalue weighted by Gasteiger charge is -2.28. The molecule has 0 bridgehead atoms. The summed E-state index contributed by atoms with van der Waals surface area (Å²) in [6.07, 6.45) is 65.8. The largest absolute Gasteiger partial charge is 0.756 e. The number of carbonyl (C=O) groups is 2. The van der Waals surface area contributed by atoms with Crippen molar-refractivity contribution in [3.63, 3.8) is 0 Å². The first-order chi connectivity index (χ1) is 33.0. The number of likely N-dealkylation sites (N-methyl/N-ethyl adjacent to an activating group) is 1. The van der Waals surface area contributed by atoms with Gasteiger partial charge in [-0.25, -0.2) is 0 Å². The van der Waals surface area contributed by atoms with Gasteiger partial charge in [0.05, 0.1) is 27.7 Å². The summed E-state index contributed by atoms with van der Waals surface area (Å²) in [5, 5.41) is 0. The van der Waals surface area contributed by atoms with Crippen LogP contribution < -0.4 is 4.89 Å². The molecule has 0 rings (SSSR count). The predicted molar refractivity (Wildman–Crippen MR) is 286 cm³/mol. The molecular formula is C58H100NO8P. The summed E-state index contributed by atoms with van der Waals surface area (Å²) in [5.41, 5.74) is 0. The number of nitrogens with zero attached hydrogens (tertiary/aromatic N) is 1. The van der Waals surface area contributed by atoms with E-state index in [1.165, 1.54) is 64.2 Å². The van der Waals surface area contributed by atoms with Gasteiger partial charge in [-0.1, -0.05) is 195 Å². The molecule has 10 heteroatoms. The van der Waals surface area contributed by atoms with Crippen LogP contribution in [0.15, 0.2) is 97.2 Å². The Kier molecular flexibility index (Phi) is 46.7. The summed E-state index contributed by atoms with van der Waals surface area (Å²) < 4.78 is 34.1. The van der Waals surface area contributed by atoms with Crippen molar-refractivity contribution in [2.24, 2.45) is 0 Å². The van der Waals surface area contributed by atoms with E-state index in [4.69, 9.17) is 18.5 Å². The van der Waals surface area contributed by atoms with E-state index in [1.54, 1.807) is 0 Å². The van der Waals surface area contributed by atoms with Crippen LogP contribution >= 0.6 is 7.82 Å². The summed E-state index contributed by atoms with van der Waals surface area (Å²) in [5.74, 6) is -0.870. The standard InChI is InChI=1S/C58H100NO8P/c1-6-8-10-12-14-16-18-20-22-24-26-28-29-31-32-34-36-38-40-42-44-46-48-50-57(60)64-54-56(55-66-68(62,63)65-53-52-59(3,4)5)67-58(61)51-49-47-45-43-41-39-37-35-33-30-27-25-23-21-19-17-15-13-11-9-7-2/h9,11,15,17-18,20-21,23-24,26-27,29-31,35,37,56H,6-8,10,12-14,16,19,22,25,28,32-34,36,38-55H2,1-5H3/b11-9-,17-15-,20-18-,23-21-,26-24-,30-27-,31-29-,37-35-. The molecule has 0 radical (unpaired) electrons. The van der Waals surface area contributed by atoms with Gasteiger partial charge < -0.3 is 27.9 Å². The second-order valence-corrected chi connectivity index (χ2v) is 20.3. The van der Waals surface area contributed by atoms with Crippen LogP contribution in [0.4, 0.5) is 0 Å². The quantitative estimate of drug-likeness (QED) is 0.0195. The topological polar surface area (TPSA) is 111 Å². The third kappa shape index (κ3) is 52.3. The normalized spacial score (nSPS) is 14.1. The highest BCUT2D eigenvalue weighted by molar-refractivity contribution is 7.45. The molecule has 0 heterocycles. The fourth-order valence-electron chi connectivity index (χ4n) is 6.92. The van der Waals surface area contributed by atoms with E-state index in [0.29, 0.717) is 23.9 Å². The number of unbranched alkanes of at least 4 members (excludes halogenated alkanes) is 18. The van der Waals surface area contributed by atoms with Gasteiger partial charge in [0.2, 0.25) is 0 Å². The molecule has 0 spiro atoms. The zero-order valence-electron chi connectivity index (χ0n) is 44.0. The molecule has 0 aliphatic rings. The van der Waals surface area contributed by atoms with E-state index >= 15 is 0 Å². The molecular weight excluding hydrogens is 870 g/mol. The molecule has 0 aromatic heterocycles. The van der Waals surface area contributed by atoms with E-state index in [-0.39, 0.29) is 26.1 Å². The maximum Gasteiger partial charge on any atom is 0.306 e. The highest BCUT2D eigenvalue weighted by Crippen LogP contribution is 2.38. The van der Waals surface area contributed by atoms with Crippen LogP contribution in [0, 0.1) is 0 Å². The average molecular weight is 970 g/mol. The first-order valence-electron chi connectivity index (χ1n) is 26.9. The summed E-state index contributed by atoms with van der Waals surface area (Å²) >= 11 is 0. The number of ether oxygens (including phenoxy) is 2. The van der Waals surface area contributed by atoms with E-state index in [2.05, 4.69) is 111 Å². The highest BCUT2D eigenvalue weighted by Gasteiger charge is 2.21. The number of esters is 2. The first-order valence-corrected chi connectivity index (χ1v) is 28.4. The highest BCUT2D eigenvalue weighted by atomic mass is 31.2. The van der Waals surface area contributed by atoms with Gasteiger partial charge in [-0.05, 0) is 96.3 Å². The number of carbonyl (C=O) groups excluding carboxylic acids is 2. The maximum atomic E-state index is 12.8. The molecule has 0 aliphatic carbocycles. The molecule has 0 amide bonds. The fourth-order valence-corrected chi connectivity index (χ4v) is 7.65. The second-order valence-electron chi connectivity index (χ2n) is 18.9. The summed E-state index contributed by atoms with van der Waals surface area (Å²) in [4.78, 5) is 37.8. The van der Waals surface area contributed by atoms with Crippen LogP contribution in [-0.2, 0) is 32.7 Å². The molecule has 0 aliphatic heterocycles. The molecule has 390 valence electrons. The van der Waals surface area contributed by atoms with Crippen molar-refractivity contribution in [2.45, 2.75) is 213 Å². The summed E-state index contributed by atoms with van der Waals surface area (Å²) in [6.45, 7) is 4.07. The van der Waals surface area contributed by atoms with E-state index in [0.717, 1.165) is 103 Å². The van der Waals surface area contributed by atoms with Crippen LogP contribution in [0.25, 0.3) is 0 Å². The van der Waals surface area contributed by atoms with Crippen molar-refractivity contribution in [3.8, 4) is 0 Å². The zero-order valence-corrected chi connectivity index (χ0v) is 44.9. The van der Waals surface area contributed by atoms with E-state index in [9.17, 15) is 19.0 Å². The Morgan fingerprint density at radius 2 is 0.838 bits per heavy atom. The molecule has 0 fully saturated rings. The van der Waals surface area contributed by atoms with Gasteiger partial charge in [-0.3, -0.25) is 14.2 Å². The number of phosphoric ester groups is 1. The van der Waals surface area contributed by atoms with Gasteiger partial charge in [0, 0.05) is 12.8 Å². The van der Waals surface area contributed by atoms with Crippen molar-refractivity contribution in [1.82, 2.24) is 0 Å². The number of hydrogen-bond donors (Lipinski definition) is 0. The van der Waals surface area contributed by atoms with Crippen molar-refractivity contribution in [3.05, 3.63) is 97.2 Å². The third-order valence-electron chi connectivity index (χ3n) is 11.1. The van der Waals surface area contributed by atoms with E-state index in [1.807, 2.05) is 21.1 Å². The minimum Gasteiger partial charge on any atom is -0.756 e. The number of phosphoric acid groups is 1. The van der Waals surface area contributed by atoms with Gasteiger partial charge >= 0.3 is 11.9 Å². The van der Waals surface area contributed by atoms with Gasteiger partial charge in [0.15, 0.2) is 6.10 Å². The Morgan fingerprint density at radius 3 is 1.25 bits per heavy atom. The van der Waals surface area contributed by atoms with E-state index < -0.39 is 32.5 Å². The van der Waals surface area contributed by atoms with Crippen molar-refractivity contribution >= 4 is 19.8 Å². The maximum absolute atomic E-state index is 12.8. The summed E-state index contributed by atoms with van der Waals surface area (Å²) in [7, 11) is 1.13. The number of quaternary nitrogens is 1. The van der Waals surface area contributed by atoms with Gasteiger partial charge in [0.25, 0.3) is 7.82 Å². The Hall–Kier alpha value is -3.07. The average Bonchev–Trinajstić information content (AvgIpc) is 3.30. The number of hydrogen-bond acceptors (Lipinski definition) is 8. The monoisotopic (exact) mass is 970 g/mol. The molecule has 0 aromatic rings. The van der Waals surface area contributed by atoms with Crippen molar-refractivity contribution in [1.29, 1.82) is 0 Å². The lowest BCUT2D eigenvalue weighted by molar-refractivity contribution is -0.870. The summed E-state index contributed by atoms with van der Waals surface area (Å²) in [6, 6.07) is 0. The Labute approximate surface area is 417 Å². The zero-order chi connectivity index (χ0) is 49.9. The predicted octanol–water partition coefficient (Wildman–Crippen LogP) is 15.8. The number of allylic oxidation sites excluding steroid dienone is 16. The molecule has 0 saturated heterocycles. The van der Waals surface area contributed by atoms with Crippen LogP contribution in [0.2, 0.25) is 0 Å². The second kappa shape index (κ2) is 48.9. The lowest BCUT2D eigenvalue weighted by Crippen LogP contribution is -2.37. The fraction of sp³-hybridized carbons (Fsp3) is 0.690. The lowest BCUT2D eigenvalue weighted by atomic mass is 10.1. The van der Waals surface area contributed by atoms with Crippen molar-refractivity contribution in [2.75, 3.05) is 47.5 Å². The molecule has 0 aromatic carbocycles. The van der Waals surface area contributed by atoms with Crippen LogP contribution in [0.1, 0.15) is 206 Å². The molecule has 9 nitrogen and oxygen atoms in total. The van der Waals surface area contributed by atoms with Gasteiger partial charge in [-0.15, -0.1) is 0 Å². The Morgan fingerprint density at radius 1 is 0.471 bits per heavy atom. The molecule has 0 N–H and O–H groups in total. The molecule has 68 heavy (non-hydrogen) atoms. The smallest absolute Gasteiger partial charge is 0.306 e. The van der Waals surface area contributed by atoms with Crippen molar-refractivity contribution < 1.29 is 42.1 Å². The first kappa shape index (κ1) is 64.9. The molecule has 2 unspecified atom stereocenters. The van der Waals surface area contributed by atoms with Crippen LogP contribution in [0.3, 0.4) is 0 Å². The molecule has 0 saturated carbocycles. The van der Waals surface area contributed by atoms with Crippen LogP contribution in [-0.4, -0.2) is 70.0 Å². The minimum atomic E-state index is -4.65. The minimum absolute atomic E-state index is 0.0417. The van der Waals surface area contributed by atoms with Gasteiger partial charge in [0.1, 0.15) is 19.8 Å². The Bertz CT molecular complexity index is 1470. The number of rotatable bonds is 48.